The summed E-state index contributed by atoms with van der Waals surface area (Å²) in [6.45, 7) is 0. The van der Waals surface area contributed by atoms with Crippen molar-refractivity contribution in [2.24, 2.45) is 0 Å². The number of hydrogen-bond donors (Lipinski definition) is 1. The van der Waals surface area contributed by atoms with E-state index in [0.717, 1.165) is 11.3 Å². The molecule has 0 radical (unpaired) electrons. The largest absolute Gasteiger partial charge is 0.497 e. The van der Waals surface area contributed by atoms with Crippen molar-refractivity contribution in [1.82, 2.24) is 4.98 Å². The smallest absolute Gasteiger partial charge is 0.337 e. The van der Waals surface area contributed by atoms with E-state index in [9.17, 15) is 4.79 Å². The van der Waals surface area contributed by atoms with E-state index in [4.69, 9.17) is 9.84 Å². The standard InChI is InChI=1S/C13H11NO3/c1-17-10-6-4-9(5-7-10)12-11(13(15)16)3-2-8-14-12/h2-8H,1H3,(H,15,16). The van der Waals surface area contributed by atoms with Gasteiger partial charge in [-0.1, -0.05) is 0 Å². The van der Waals surface area contributed by atoms with Gasteiger partial charge in [-0.15, -0.1) is 0 Å². The van der Waals surface area contributed by atoms with Crippen LogP contribution in [0.5, 0.6) is 5.75 Å². The highest BCUT2D eigenvalue weighted by Crippen LogP contribution is 2.23. The predicted octanol–water partition coefficient (Wildman–Crippen LogP) is 2.46. The molecule has 0 amide bonds. The van der Waals surface area contributed by atoms with Crippen molar-refractivity contribution in [1.29, 1.82) is 0 Å². The Hall–Kier alpha value is -2.36. The fourth-order valence-corrected chi connectivity index (χ4v) is 1.56. The average molecular weight is 229 g/mol. The van der Waals surface area contributed by atoms with Crippen LogP contribution in [0.15, 0.2) is 42.6 Å². The Balaban J connectivity index is 2.48. The molecular formula is C13H11NO3. The molecule has 0 aliphatic heterocycles. The maximum absolute atomic E-state index is 11.1. The summed E-state index contributed by atoms with van der Waals surface area (Å²) >= 11 is 0. The topological polar surface area (TPSA) is 59.4 Å². The number of pyridine rings is 1. The van der Waals surface area contributed by atoms with Gasteiger partial charge in [-0.2, -0.15) is 0 Å². The fraction of sp³-hybridized carbons (Fsp3) is 0.0769. The maximum atomic E-state index is 11.1. The Morgan fingerprint density at radius 2 is 1.94 bits per heavy atom. The molecular weight excluding hydrogens is 218 g/mol. The first kappa shape index (κ1) is 11.1. The van der Waals surface area contributed by atoms with Crippen molar-refractivity contribution in [2.75, 3.05) is 7.11 Å². The van der Waals surface area contributed by atoms with E-state index in [2.05, 4.69) is 4.98 Å². The van der Waals surface area contributed by atoms with E-state index in [1.165, 1.54) is 6.07 Å². The molecule has 1 heterocycles. The summed E-state index contributed by atoms with van der Waals surface area (Å²) in [5.74, 6) is -0.259. The number of carboxylic acid groups (broad SMARTS) is 1. The van der Waals surface area contributed by atoms with Gasteiger partial charge in [0.05, 0.1) is 18.4 Å². The molecule has 0 spiro atoms. The van der Waals surface area contributed by atoms with Crippen LogP contribution in [-0.2, 0) is 0 Å². The average Bonchev–Trinajstić information content (AvgIpc) is 2.39. The fourth-order valence-electron chi connectivity index (χ4n) is 1.56. The predicted molar refractivity (Wildman–Crippen MR) is 63.2 cm³/mol. The van der Waals surface area contributed by atoms with E-state index in [-0.39, 0.29) is 5.56 Å². The van der Waals surface area contributed by atoms with Gasteiger partial charge in [0.1, 0.15) is 5.75 Å². The van der Waals surface area contributed by atoms with Gasteiger partial charge in [0.25, 0.3) is 0 Å². The second-order valence-electron chi connectivity index (χ2n) is 3.43. The minimum atomic E-state index is -0.982. The molecule has 1 N–H and O–H groups in total. The molecule has 0 atom stereocenters. The lowest BCUT2D eigenvalue weighted by atomic mass is 10.1. The van der Waals surface area contributed by atoms with Gasteiger partial charge in [0.2, 0.25) is 0 Å². The molecule has 4 heteroatoms. The summed E-state index contributed by atoms with van der Waals surface area (Å²) in [7, 11) is 1.58. The summed E-state index contributed by atoms with van der Waals surface area (Å²) in [6, 6.07) is 10.3. The number of aromatic nitrogens is 1. The van der Waals surface area contributed by atoms with E-state index in [1.807, 2.05) is 0 Å². The molecule has 0 aliphatic carbocycles. The summed E-state index contributed by atoms with van der Waals surface area (Å²) in [4.78, 5) is 15.2. The van der Waals surface area contributed by atoms with Crippen molar-refractivity contribution in [2.45, 2.75) is 0 Å². The van der Waals surface area contributed by atoms with Gasteiger partial charge in [-0.3, -0.25) is 4.98 Å². The molecule has 0 aliphatic rings. The third-order valence-corrected chi connectivity index (χ3v) is 2.40. The number of rotatable bonds is 3. The van der Waals surface area contributed by atoms with Crippen LogP contribution in [0.3, 0.4) is 0 Å². The quantitative estimate of drug-likeness (QED) is 0.878. The van der Waals surface area contributed by atoms with E-state index >= 15 is 0 Å². The van der Waals surface area contributed by atoms with Crippen LogP contribution in [0.25, 0.3) is 11.3 Å². The SMILES string of the molecule is COc1ccc(-c2ncccc2C(=O)O)cc1. The highest BCUT2D eigenvalue weighted by molar-refractivity contribution is 5.94. The molecule has 0 fully saturated rings. The van der Waals surface area contributed by atoms with Gasteiger partial charge < -0.3 is 9.84 Å². The maximum Gasteiger partial charge on any atom is 0.337 e. The zero-order valence-corrected chi connectivity index (χ0v) is 9.25. The molecule has 0 unspecified atom stereocenters. The molecule has 0 bridgehead atoms. The Bertz CT molecular complexity index is 535. The van der Waals surface area contributed by atoms with Gasteiger partial charge in [-0.25, -0.2) is 4.79 Å². The molecule has 2 rings (SSSR count). The third kappa shape index (κ3) is 2.25. The Morgan fingerprint density at radius 3 is 2.53 bits per heavy atom. The van der Waals surface area contributed by atoms with Crippen LogP contribution >= 0.6 is 0 Å². The van der Waals surface area contributed by atoms with E-state index in [0.29, 0.717) is 5.69 Å². The minimum absolute atomic E-state index is 0.192. The van der Waals surface area contributed by atoms with Crippen molar-refractivity contribution >= 4 is 5.97 Å². The lowest BCUT2D eigenvalue weighted by molar-refractivity contribution is 0.0697. The number of carbonyl (C=O) groups is 1. The van der Waals surface area contributed by atoms with E-state index in [1.54, 1.807) is 43.6 Å². The van der Waals surface area contributed by atoms with Crippen LogP contribution in [0.1, 0.15) is 10.4 Å². The van der Waals surface area contributed by atoms with Crippen LogP contribution in [0.4, 0.5) is 0 Å². The summed E-state index contributed by atoms with van der Waals surface area (Å²) < 4.78 is 5.05. The van der Waals surface area contributed by atoms with Crippen molar-refractivity contribution in [3.63, 3.8) is 0 Å². The van der Waals surface area contributed by atoms with Crippen LogP contribution < -0.4 is 4.74 Å². The normalized spacial score (nSPS) is 9.94. The zero-order chi connectivity index (χ0) is 12.3. The number of aromatic carboxylic acids is 1. The highest BCUT2D eigenvalue weighted by Gasteiger charge is 2.11. The Kier molecular flexibility index (Phi) is 3.05. The van der Waals surface area contributed by atoms with Gasteiger partial charge in [0, 0.05) is 11.8 Å². The first-order valence-electron chi connectivity index (χ1n) is 5.05. The Morgan fingerprint density at radius 1 is 1.24 bits per heavy atom. The zero-order valence-electron chi connectivity index (χ0n) is 9.25. The number of ether oxygens (including phenoxy) is 1. The monoisotopic (exact) mass is 229 g/mol. The van der Waals surface area contributed by atoms with E-state index < -0.39 is 5.97 Å². The van der Waals surface area contributed by atoms with Crippen molar-refractivity contribution in [3.8, 4) is 17.0 Å². The second kappa shape index (κ2) is 4.65. The molecule has 0 saturated carbocycles. The van der Waals surface area contributed by atoms with Crippen LogP contribution in [-0.4, -0.2) is 23.2 Å². The van der Waals surface area contributed by atoms with Gasteiger partial charge in [-0.05, 0) is 36.4 Å². The van der Waals surface area contributed by atoms with Gasteiger partial charge >= 0.3 is 5.97 Å². The van der Waals surface area contributed by atoms with Crippen molar-refractivity contribution < 1.29 is 14.6 Å². The number of nitrogens with zero attached hydrogens (tertiary/aromatic N) is 1. The molecule has 0 saturated heterocycles. The number of hydrogen-bond acceptors (Lipinski definition) is 3. The number of benzene rings is 1. The summed E-state index contributed by atoms with van der Waals surface area (Å²) in [5.41, 5.74) is 1.41. The highest BCUT2D eigenvalue weighted by atomic mass is 16.5. The lowest BCUT2D eigenvalue weighted by Crippen LogP contribution is -2.00. The summed E-state index contributed by atoms with van der Waals surface area (Å²) in [6.07, 6.45) is 1.58. The first-order chi connectivity index (χ1) is 8.22. The minimum Gasteiger partial charge on any atom is -0.497 e. The number of carboxylic acids is 1. The molecule has 17 heavy (non-hydrogen) atoms. The third-order valence-electron chi connectivity index (χ3n) is 2.40. The Labute approximate surface area is 98.5 Å². The first-order valence-corrected chi connectivity index (χ1v) is 5.05. The summed E-state index contributed by atoms with van der Waals surface area (Å²) in [5, 5.41) is 9.06. The van der Waals surface area contributed by atoms with Gasteiger partial charge in [0.15, 0.2) is 0 Å². The number of methoxy groups -OCH3 is 1. The molecule has 1 aromatic heterocycles. The molecule has 1 aromatic carbocycles. The van der Waals surface area contributed by atoms with Crippen LogP contribution in [0.2, 0.25) is 0 Å². The molecule has 4 nitrogen and oxygen atoms in total. The van der Waals surface area contributed by atoms with Crippen LogP contribution in [0, 0.1) is 0 Å². The van der Waals surface area contributed by atoms with Crippen molar-refractivity contribution in [3.05, 3.63) is 48.2 Å². The molecule has 86 valence electrons. The lowest BCUT2D eigenvalue weighted by Gasteiger charge is -2.05. The molecule has 2 aromatic rings. The second-order valence-corrected chi connectivity index (χ2v) is 3.43.